The third-order valence-corrected chi connectivity index (χ3v) is 4.23. The van der Waals surface area contributed by atoms with Crippen LogP contribution in [0.15, 0.2) is 12.1 Å². The van der Waals surface area contributed by atoms with E-state index in [1.165, 1.54) is 12.8 Å². The number of nitrogens with one attached hydrogen (secondary N) is 1. The molecule has 1 N–H and O–H groups in total. The normalized spacial score (nSPS) is 15.5. The molecule has 0 aliphatic heterocycles. The van der Waals surface area contributed by atoms with Gasteiger partial charge in [0.1, 0.15) is 5.82 Å². The molecule has 1 saturated carbocycles. The zero-order valence-electron chi connectivity index (χ0n) is 13.6. The molecule has 0 bridgehead atoms. The van der Waals surface area contributed by atoms with Crippen molar-refractivity contribution in [1.82, 2.24) is 9.88 Å². The first-order valence-corrected chi connectivity index (χ1v) is 8.06. The summed E-state index contributed by atoms with van der Waals surface area (Å²) >= 11 is 0. The molecule has 0 radical (unpaired) electrons. The van der Waals surface area contributed by atoms with Crippen LogP contribution in [-0.4, -0.2) is 35.4 Å². The van der Waals surface area contributed by atoms with Gasteiger partial charge in [0.05, 0.1) is 0 Å². The van der Waals surface area contributed by atoms with Gasteiger partial charge in [0.25, 0.3) is 5.91 Å². The number of amides is 1. The maximum atomic E-state index is 12.7. The van der Waals surface area contributed by atoms with Gasteiger partial charge in [-0.25, -0.2) is 4.98 Å². The summed E-state index contributed by atoms with van der Waals surface area (Å²) in [7, 11) is 1.93. The van der Waals surface area contributed by atoms with E-state index in [2.05, 4.69) is 24.1 Å². The Morgan fingerprint density at radius 1 is 1.38 bits per heavy atom. The molecule has 0 aromatic carbocycles. The summed E-state index contributed by atoms with van der Waals surface area (Å²) in [5, 5.41) is 3.22. The standard InChI is InChI=1S/C17H27N3O/c1-5-18-16-11-13(10-15(19-16)12(2)3)17(21)20(4)14-8-6-7-9-14/h10-12,14H,5-9H2,1-4H3,(H,18,19). The molecule has 0 unspecified atom stereocenters. The van der Waals surface area contributed by atoms with E-state index in [9.17, 15) is 4.79 Å². The number of aromatic nitrogens is 1. The molecule has 0 atom stereocenters. The van der Waals surface area contributed by atoms with E-state index in [0.29, 0.717) is 12.0 Å². The molecule has 4 nitrogen and oxygen atoms in total. The minimum absolute atomic E-state index is 0.116. The van der Waals surface area contributed by atoms with Gasteiger partial charge in [-0.2, -0.15) is 0 Å². The number of hydrogen-bond acceptors (Lipinski definition) is 3. The number of carbonyl (C=O) groups is 1. The number of hydrogen-bond donors (Lipinski definition) is 1. The van der Waals surface area contributed by atoms with Crippen LogP contribution in [0.25, 0.3) is 0 Å². The zero-order chi connectivity index (χ0) is 15.4. The fraction of sp³-hybridized carbons (Fsp3) is 0.647. The van der Waals surface area contributed by atoms with Crippen molar-refractivity contribution < 1.29 is 4.79 Å². The molecule has 0 saturated heterocycles. The first-order chi connectivity index (χ1) is 10.0. The maximum Gasteiger partial charge on any atom is 0.254 e. The number of pyridine rings is 1. The van der Waals surface area contributed by atoms with E-state index in [1.807, 2.05) is 31.0 Å². The second-order valence-corrected chi connectivity index (χ2v) is 6.21. The van der Waals surface area contributed by atoms with Crippen molar-refractivity contribution in [2.75, 3.05) is 18.9 Å². The lowest BCUT2D eigenvalue weighted by atomic mass is 10.1. The Morgan fingerprint density at radius 2 is 2.05 bits per heavy atom. The molecule has 116 valence electrons. The van der Waals surface area contributed by atoms with Crippen LogP contribution < -0.4 is 5.32 Å². The van der Waals surface area contributed by atoms with Gasteiger partial charge < -0.3 is 10.2 Å². The van der Waals surface area contributed by atoms with Crippen LogP contribution in [0.5, 0.6) is 0 Å². The Morgan fingerprint density at radius 3 is 2.62 bits per heavy atom. The lowest BCUT2D eigenvalue weighted by molar-refractivity contribution is 0.0735. The fourth-order valence-electron chi connectivity index (χ4n) is 2.90. The Bertz CT molecular complexity index is 493. The van der Waals surface area contributed by atoms with Gasteiger partial charge in [-0.3, -0.25) is 4.79 Å². The zero-order valence-corrected chi connectivity index (χ0v) is 13.6. The average molecular weight is 289 g/mol. The van der Waals surface area contributed by atoms with Gasteiger partial charge in [0.15, 0.2) is 0 Å². The molecular weight excluding hydrogens is 262 g/mol. The van der Waals surface area contributed by atoms with Gasteiger partial charge in [-0.1, -0.05) is 26.7 Å². The molecule has 1 aliphatic carbocycles. The highest BCUT2D eigenvalue weighted by Crippen LogP contribution is 2.25. The summed E-state index contributed by atoms with van der Waals surface area (Å²) < 4.78 is 0. The summed E-state index contributed by atoms with van der Waals surface area (Å²) in [5.74, 6) is 1.23. The molecular formula is C17H27N3O. The minimum atomic E-state index is 0.116. The molecule has 0 spiro atoms. The van der Waals surface area contributed by atoms with Crippen molar-refractivity contribution in [3.63, 3.8) is 0 Å². The fourth-order valence-corrected chi connectivity index (χ4v) is 2.90. The SMILES string of the molecule is CCNc1cc(C(=O)N(C)C2CCCC2)cc(C(C)C)n1. The molecule has 1 amide bonds. The van der Waals surface area contributed by atoms with Crippen molar-refractivity contribution in [3.05, 3.63) is 23.4 Å². The lowest BCUT2D eigenvalue weighted by Gasteiger charge is -2.25. The molecule has 1 aromatic rings. The Labute approximate surface area is 127 Å². The van der Waals surface area contributed by atoms with Crippen LogP contribution in [0.3, 0.4) is 0 Å². The van der Waals surface area contributed by atoms with Crippen LogP contribution in [0.2, 0.25) is 0 Å². The van der Waals surface area contributed by atoms with E-state index in [1.54, 1.807) is 0 Å². The summed E-state index contributed by atoms with van der Waals surface area (Å²) in [4.78, 5) is 19.2. The van der Waals surface area contributed by atoms with Gasteiger partial charge in [-0.15, -0.1) is 0 Å². The van der Waals surface area contributed by atoms with Crippen molar-refractivity contribution in [1.29, 1.82) is 0 Å². The van der Waals surface area contributed by atoms with E-state index < -0.39 is 0 Å². The predicted molar refractivity (Wildman–Crippen MR) is 86.8 cm³/mol. The molecule has 1 aromatic heterocycles. The summed E-state index contributed by atoms with van der Waals surface area (Å²) in [6.07, 6.45) is 4.73. The summed E-state index contributed by atoms with van der Waals surface area (Å²) in [6, 6.07) is 4.22. The van der Waals surface area contributed by atoms with Crippen LogP contribution in [-0.2, 0) is 0 Å². The van der Waals surface area contributed by atoms with Gasteiger partial charge in [0.2, 0.25) is 0 Å². The molecule has 1 heterocycles. The van der Waals surface area contributed by atoms with Crippen LogP contribution >= 0.6 is 0 Å². The Hall–Kier alpha value is -1.58. The van der Waals surface area contributed by atoms with E-state index in [-0.39, 0.29) is 5.91 Å². The second kappa shape index (κ2) is 6.92. The molecule has 4 heteroatoms. The largest absolute Gasteiger partial charge is 0.370 e. The highest BCUT2D eigenvalue weighted by atomic mass is 16.2. The highest BCUT2D eigenvalue weighted by molar-refractivity contribution is 5.95. The summed E-state index contributed by atoms with van der Waals surface area (Å²) in [6.45, 7) is 7.05. The first-order valence-electron chi connectivity index (χ1n) is 8.06. The second-order valence-electron chi connectivity index (χ2n) is 6.21. The average Bonchev–Trinajstić information content (AvgIpc) is 2.99. The van der Waals surface area contributed by atoms with Gasteiger partial charge in [0, 0.05) is 30.9 Å². The van der Waals surface area contributed by atoms with Crippen molar-refractivity contribution in [2.45, 2.75) is 58.4 Å². The lowest BCUT2D eigenvalue weighted by Crippen LogP contribution is -2.35. The van der Waals surface area contributed by atoms with Crippen LogP contribution in [0.4, 0.5) is 5.82 Å². The number of anilines is 1. The first kappa shape index (κ1) is 15.8. The molecule has 1 fully saturated rings. The molecule has 2 rings (SSSR count). The third kappa shape index (κ3) is 3.74. The van der Waals surface area contributed by atoms with Gasteiger partial charge >= 0.3 is 0 Å². The topological polar surface area (TPSA) is 45.2 Å². The highest BCUT2D eigenvalue weighted by Gasteiger charge is 2.25. The Balaban J connectivity index is 2.25. The van der Waals surface area contributed by atoms with E-state index in [4.69, 9.17) is 0 Å². The number of nitrogens with zero attached hydrogens (tertiary/aromatic N) is 2. The van der Waals surface area contributed by atoms with E-state index in [0.717, 1.165) is 36.5 Å². The van der Waals surface area contributed by atoms with Crippen molar-refractivity contribution >= 4 is 11.7 Å². The van der Waals surface area contributed by atoms with E-state index >= 15 is 0 Å². The molecule has 21 heavy (non-hydrogen) atoms. The number of carbonyl (C=O) groups excluding carboxylic acids is 1. The quantitative estimate of drug-likeness (QED) is 0.900. The smallest absolute Gasteiger partial charge is 0.254 e. The van der Waals surface area contributed by atoms with Crippen LogP contribution in [0.1, 0.15) is 68.4 Å². The monoisotopic (exact) mass is 289 g/mol. The van der Waals surface area contributed by atoms with Crippen molar-refractivity contribution in [3.8, 4) is 0 Å². The Kier molecular flexibility index (Phi) is 5.21. The number of rotatable bonds is 5. The molecule has 1 aliphatic rings. The van der Waals surface area contributed by atoms with Crippen LogP contribution in [0, 0.1) is 0 Å². The predicted octanol–water partition coefficient (Wildman–Crippen LogP) is 3.65. The van der Waals surface area contributed by atoms with Crippen molar-refractivity contribution in [2.24, 2.45) is 0 Å². The summed E-state index contributed by atoms with van der Waals surface area (Å²) in [5.41, 5.74) is 1.72. The third-order valence-electron chi connectivity index (χ3n) is 4.23. The van der Waals surface area contributed by atoms with Gasteiger partial charge in [-0.05, 0) is 37.8 Å². The maximum absolute atomic E-state index is 12.7. The minimum Gasteiger partial charge on any atom is -0.370 e.